The Hall–Kier alpha value is -1.59. The molecule has 1 aromatic carbocycles. The van der Waals surface area contributed by atoms with E-state index < -0.39 is 12.3 Å². The van der Waals surface area contributed by atoms with Crippen LogP contribution in [0.25, 0.3) is 0 Å². The predicted octanol–water partition coefficient (Wildman–Crippen LogP) is 3.31. The number of ether oxygens (including phenoxy) is 1. The summed E-state index contributed by atoms with van der Waals surface area (Å²) in [6.45, 7) is 5.88. The molecule has 0 saturated carbocycles. The lowest BCUT2D eigenvalue weighted by molar-refractivity contribution is -0.00685. The van der Waals surface area contributed by atoms with E-state index in [1.54, 1.807) is 31.2 Å². The molecule has 0 amide bonds. The molecule has 2 aromatic rings. The maximum Gasteiger partial charge on any atom is 0.218 e. The van der Waals surface area contributed by atoms with Crippen molar-refractivity contribution >= 4 is 11.6 Å². The molecule has 5 nitrogen and oxygen atoms in total. The van der Waals surface area contributed by atoms with E-state index in [0.717, 1.165) is 0 Å². The number of rotatable bonds is 4. The van der Waals surface area contributed by atoms with E-state index in [1.165, 1.54) is 23.8 Å². The SMILES string of the molecule is CC(O)C(Oc1ccc(Cl)cc1)n1cncn1.CCC. The van der Waals surface area contributed by atoms with Crippen LogP contribution in [-0.2, 0) is 0 Å². The van der Waals surface area contributed by atoms with Crippen molar-refractivity contribution in [3.05, 3.63) is 41.9 Å². The Bertz CT molecular complexity index is 472. The third-order valence-electron chi connectivity index (χ3n) is 2.18. The third-order valence-corrected chi connectivity index (χ3v) is 2.43. The Morgan fingerprint density at radius 1 is 1.30 bits per heavy atom. The van der Waals surface area contributed by atoms with Gasteiger partial charge in [-0.15, -0.1) is 0 Å². The molecule has 110 valence electrons. The van der Waals surface area contributed by atoms with Gasteiger partial charge in [0.25, 0.3) is 0 Å². The van der Waals surface area contributed by atoms with Crippen molar-refractivity contribution in [2.45, 2.75) is 39.5 Å². The molecule has 0 bridgehead atoms. The lowest BCUT2D eigenvalue weighted by Gasteiger charge is -2.21. The van der Waals surface area contributed by atoms with Crippen LogP contribution in [0, 0.1) is 0 Å². The van der Waals surface area contributed by atoms with E-state index in [2.05, 4.69) is 23.9 Å². The molecule has 0 radical (unpaired) electrons. The van der Waals surface area contributed by atoms with Crippen molar-refractivity contribution in [3.8, 4) is 5.75 Å². The number of aromatic nitrogens is 3. The highest BCUT2D eigenvalue weighted by molar-refractivity contribution is 6.30. The second-order valence-corrected chi connectivity index (χ2v) is 4.72. The van der Waals surface area contributed by atoms with Gasteiger partial charge in [-0.1, -0.05) is 31.9 Å². The molecule has 0 spiro atoms. The molecule has 0 aliphatic heterocycles. The Morgan fingerprint density at radius 3 is 2.35 bits per heavy atom. The van der Waals surface area contributed by atoms with E-state index in [-0.39, 0.29) is 0 Å². The van der Waals surface area contributed by atoms with E-state index in [1.807, 2.05) is 0 Å². The van der Waals surface area contributed by atoms with Gasteiger partial charge in [0.2, 0.25) is 6.23 Å². The summed E-state index contributed by atoms with van der Waals surface area (Å²) in [5, 5.41) is 14.2. The van der Waals surface area contributed by atoms with Crippen LogP contribution in [0.1, 0.15) is 33.4 Å². The fourth-order valence-electron chi connectivity index (χ4n) is 1.37. The molecule has 2 unspecified atom stereocenters. The molecule has 0 saturated heterocycles. The van der Waals surface area contributed by atoms with Gasteiger partial charge in [-0.2, -0.15) is 5.10 Å². The smallest absolute Gasteiger partial charge is 0.218 e. The highest BCUT2D eigenvalue weighted by atomic mass is 35.5. The van der Waals surface area contributed by atoms with Crippen LogP contribution < -0.4 is 4.74 Å². The molecule has 0 fully saturated rings. The molecule has 0 aliphatic rings. The first-order chi connectivity index (χ1) is 9.58. The second kappa shape index (κ2) is 8.55. The van der Waals surface area contributed by atoms with Gasteiger partial charge in [0, 0.05) is 5.02 Å². The Labute approximate surface area is 124 Å². The van der Waals surface area contributed by atoms with Crippen LogP contribution in [0.3, 0.4) is 0 Å². The van der Waals surface area contributed by atoms with Crippen molar-refractivity contribution in [2.75, 3.05) is 0 Å². The van der Waals surface area contributed by atoms with Gasteiger partial charge in [0.1, 0.15) is 24.5 Å². The van der Waals surface area contributed by atoms with Crippen molar-refractivity contribution in [1.29, 1.82) is 0 Å². The fraction of sp³-hybridized carbons (Fsp3) is 0.429. The first kappa shape index (κ1) is 16.5. The second-order valence-electron chi connectivity index (χ2n) is 4.29. The van der Waals surface area contributed by atoms with Gasteiger partial charge in [0.05, 0.1) is 0 Å². The lowest BCUT2D eigenvalue weighted by atomic mass is 10.3. The van der Waals surface area contributed by atoms with E-state index in [9.17, 15) is 5.11 Å². The zero-order chi connectivity index (χ0) is 15.0. The maximum absolute atomic E-state index is 9.66. The maximum atomic E-state index is 9.66. The Kier molecular flexibility index (Phi) is 7.04. The van der Waals surface area contributed by atoms with Gasteiger partial charge in [-0.05, 0) is 31.2 Å². The van der Waals surface area contributed by atoms with Gasteiger partial charge >= 0.3 is 0 Å². The minimum Gasteiger partial charge on any atom is -0.466 e. The topological polar surface area (TPSA) is 60.2 Å². The van der Waals surface area contributed by atoms with Gasteiger partial charge in [-0.3, -0.25) is 0 Å². The highest BCUT2D eigenvalue weighted by Crippen LogP contribution is 2.21. The standard InChI is InChI=1S/C11H12ClN3O2.C3H8/c1-8(16)11(15-7-13-6-14-15)17-10-4-2-9(12)3-5-10;1-3-2/h2-8,11,16H,1H3;3H2,1-2H3. The zero-order valence-electron chi connectivity index (χ0n) is 11.9. The largest absolute Gasteiger partial charge is 0.466 e. The summed E-state index contributed by atoms with van der Waals surface area (Å²) in [7, 11) is 0. The van der Waals surface area contributed by atoms with Crippen molar-refractivity contribution in [3.63, 3.8) is 0 Å². The number of benzene rings is 1. The van der Waals surface area contributed by atoms with Crippen molar-refractivity contribution in [2.24, 2.45) is 0 Å². The number of hydrogen-bond donors (Lipinski definition) is 1. The third kappa shape index (κ3) is 5.19. The summed E-state index contributed by atoms with van der Waals surface area (Å²) in [6.07, 6.45) is 2.81. The number of aliphatic hydroxyl groups excluding tert-OH is 1. The summed E-state index contributed by atoms with van der Waals surface area (Å²) in [4.78, 5) is 3.82. The number of nitrogens with zero attached hydrogens (tertiary/aromatic N) is 3. The van der Waals surface area contributed by atoms with Crippen molar-refractivity contribution in [1.82, 2.24) is 14.8 Å². The summed E-state index contributed by atoms with van der Waals surface area (Å²) >= 11 is 5.78. The van der Waals surface area contributed by atoms with Crippen LogP contribution in [0.2, 0.25) is 5.02 Å². The number of aliphatic hydroxyl groups is 1. The highest BCUT2D eigenvalue weighted by Gasteiger charge is 2.19. The molecule has 6 heteroatoms. The Morgan fingerprint density at radius 2 is 1.90 bits per heavy atom. The summed E-state index contributed by atoms with van der Waals surface area (Å²) in [6, 6.07) is 6.90. The summed E-state index contributed by atoms with van der Waals surface area (Å²) in [5.74, 6) is 0.607. The van der Waals surface area contributed by atoms with Crippen LogP contribution in [0.4, 0.5) is 0 Å². The van der Waals surface area contributed by atoms with Gasteiger partial charge < -0.3 is 9.84 Å². The molecule has 1 aromatic heterocycles. The van der Waals surface area contributed by atoms with Crippen LogP contribution in [0.5, 0.6) is 5.75 Å². The normalized spacial score (nSPS) is 13.1. The zero-order valence-corrected chi connectivity index (χ0v) is 12.7. The van der Waals surface area contributed by atoms with Crippen LogP contribution in [0.15, 0.2) is 36.9 Å². The lowest BCUT2D eigenvalue weighted by Crippen LogP contribution is -2.27. The first-order valence-electron chi connectivity index (χ1n) is 6.52. The molecule has 2 atom stereocenters. The van der Waals surface area contributed by atoms with Gasteiger partial charge in [-0.25, -0.2) is 9.67 Å². The minimum absolute atomic E-state index is 0.607. The molecular weight excluding hydrogens is 278 g/mol. The van der Waals surface area contributed by atoms with E-state index in [4.69, 9.17) is 16.3 Å². The first-order valence-corrected chi connectivity index (χ1v) is 6.90. The van der Waals surface area contributed by atoms with Crippen LogP contribution in [-0.4, -0.2) is 26.0 Å². The predicted molar refractivity (Wildman–Crippen MR) is 78.8 cm³/mol. The molecule has 0 aliphatic carbocycles. The molecule has 1 N–H and O–H groups in total. The summed E-state index contributed by atoms with van der Waals surface area (Å²) < 4.78 is 7.08. The quantitative estimate of drug-likeness (QED) is 0.940. The number of halogens is 1. The van der Waals surface area contributed by atoms with Crippen LogP contribution >= 0.6 is 11.6 Å². The average Bonchev–Trinajstić information content (AvgIpc) is 2.92. The van der Waals surface area contributed by atoms with E-state index in [0.29, 0.717) is 10.8 Å². The monoisotopic (exact) mass is 297 g/mol. The number of hydrogen-bond acceptors (Lipinski definition) is 4. The molecule has 2 rings (SSSR count). The molecular formula is C14H20ClN3O2. The molecule has 1 heterocycles. The minimum atomic E-state index is -0.715. The van der Waals surface area contributed by atoms with E-state index >= 15 is 0 Å². The Balaban J connectivity index is 0.000000612. The fourth-order valence-corrected chi connectivity index (χ4v) is 1.50. The van der Waals surface area contributed by atoms with Gasteiger partial charge in [0.15, 0.2) is 0 Å². The molecule has 20 heavy (non-hydrogen) atoms. The summed E-state index contributed by atoms with van der Waals surface area (Å²) in [5.41, 5.74) is 0. The van der Waals surface area contributed by atoms with Crippen molar-refractivity contribution < 1.29 is 9.84 Å². The average molecular weight is 298 g/mol.